The molecule has 0 aromatic heterocycles. The molecule has 2 aliphatic carbocycles. The fraction of sp³-hybridized carbons (Fsp3) is 0.349. The summed E-state index contributed by atoms with van der Waals surface area (Å²) in [5.41, 5.74) is 11.6. The van der Waals surface area contributed by atoms with E-state index < -0.39 is 0 Å². The standard InChI is InChI=1S/C35H33.C4H8Si.C4H9.Zr/c1-4-12-31(34-23(3)21-32-27-16-10-9-15-26(27)19-20-30(32)34)35-24(5-2)22-33-28(17-11-18-29(33)35)25-13-7-6-8-14-25;1-2-4-5-3-1;1-3-4-2;/h6-11,13-22,34-35H,4-5,12H2,1-3H3;1-4H2;1,3-4H2,2H3;/q-1;;-1;+2. The molecule has 4 aromatic rings. The van der Waals surface area contributed by atoms with Crippen LogP contribution in [0.25, 0.3) is 34.1 Å². The first-order valence-corrected chi connectivity index (χ1v) is 18.5. The molecule has 1 saturated heterocycles. The minimum absolute atomic E-state index is 0. The van der Waals surface area contributed by atoms with Crippen molar-refractivity contribution in [1.29, 1.82) is 0 Å². The van der Waals surface area contributed by atoms with Gasteiger partial charge in [-0.1, -0.05) is 178 Å². The Kier molecular flexibility index (Phi) is 13.9. The molecule has 1 fully saturated rings. The first kappa shape index (κ1) is 35.6. The van der Waals surface area contributed by atoms with Crippen molar-refractivity contribution < 1.29 is 26.2 Å². The molecule has 1 heterocycles. The van der Waals surface area contributed by atoms with E-state index in [1.54, 1.807) is 11.5 Å². The van der Waals surface area contributed by atoms with E-state index in [-0.39, 0.29) is 26.2 Å². The molecule has 3 aliphatic rings. The average Bonchev–Trinajstić information content (AvgIpc) is 3.84. The molecule has 0 nitrogen and oxygen atoms in total. The maximum absolute atomic E-state index is 3.60. The molecule has 2 unspecified atom stereocenters. The summed E-state index contributed by atoms with van der Waals surface area (Å²) in [6.07, 6.45) is 13.7. The Bertz CT molecular complexity index is 1570. The van der Waals surface area contributed by atoms with E-state index >= 15 is 0 Å². The SMILES string of the molecule is C1CC[Si]C1.CCC[C-](C1C(CC)=Cc2c(-c3ccccc3)cccc21)C1C(C)=Cc2c1ccc1ccccc21.[CH2-]CCC.[Zr+2]. The quantitative estimate of drug-likeness (QED) is 0.134. The topological polar surface area (TPSA) is 0 Å². The van der Waals surface area contributed by atoms with Crippen LogP contribution in [0.4, 0.5) is 0 Å². The fourth-order valence-corrected chi connectivity index (χ4v) is 8.47. The van der Waals surface area contributed by atoms with Crippen LogP contribution in [0.1, 0.15) is 107 Å². The zero-order valence-electron chi connectivity index (χ0n) is 28.0. The molecule has 45 heavy (non-hydrogen) atoms. The number of hydrogen-bond donors (Lipinski definition) is 0. The van der Waals surface area contributed by atoms with E-state index in [4.69, 9.17) is 0 Å². The third-order valence-corrected chi connectivity index (χ3v) is 10.8. The van der Waals surface area contributed by atoms with Gasteiger partial charge in [-0.05, 0) is 46.4 Å². The van der Waals surface area contributed by atoms with Gasteiger partial charge in [0, 0.05) is 9.52 Å². The number of benzene rings is 4. The molecule has 2 atom stereocenters. The molecule has 0 spiro atoms. The Labute approximate surface area is 295 Å². The van der Waals surface area contributed by atoms with Crippen molar-refractivity contribution in [1.82, 2.24) is 0 Å². The summed E-state index contributed by atoms with van der Waals surface area (Å²) in [6, 6.07) is 34.4. The number of hydrogen-bond acceptors (Lipinski definition) is 0. The molecule has 7 rings (SSSR count). The number of fused-ring (bicyclic) bond motifs is 4. The van der Waals surface area contributed by atoms with Crippen LogP contribution < -0.4 is 0 Å². The Morgan fingerprint density at radius 2 is 1.42 bits per heavy atom. The zero-order valence-corrected chi connectivity index (χ0v) is 31.4. The van der Waals surface area contributed by atoms with Crippen LogP contribution in [0.15, 0.2) is 96.1 Å². The van der Waals surface area contributed by atoms with Gasteiger partial charge in [-0.2, -0.15) is 12.8 Å². The minimum atomic E-state index is 0. The molecule has 2 radical (unpaired) electrons. The first-order chi connectivity index (χ1) is 21.6. The number of allylic oxidation sites excluding steroid dienone is 2. The summed E-state index contributed by atoms with van der Waals surface area (Å²) < 4.78 is 0. The summed E-state index contributed by atoms with van der Waals surface area (Å²) in [7, 11) is 1.31. The summed E-state index contributed by atoms with van der Waals surface area (Å²) in [4.78, 5) is 0. The summed E-state index contributed by atoms with van der Waals surface area (Å²) in [5.74, 6) is 2.46. The Morgan fingerprint density at radius 3 is 2.07 bits per heavy atom. The predicted molar refractivity (Wildman–Crippen MR) is 196 cm³/mol. The van der Waals surface area contributed by atoms with Gasteiger partial charge in [-0.15, -0.1) is 11.8 Å². The maximum atomic E-state index is 3.60. The third-order valence-electron chi connectivity index (χ3n) is 9.38. The molecular weight excluding hydrogens is 636 g/mol. The molecule has 0 N–H and O–H groups in total. The molecule has 230 valence electrons. The maximum Gasteiger partial charge on any atom is 2.00 e. The van der Waals surface area contributed by atoms with Gasteiger partial charge < -0.3 is 6.92 Å². The Balaban J connectivity index is 0.000000403. The molecule has 0 bridgehead atoms. The second kappa shape index (κ2) is 17.6. The van der Waals surface area contributed by atoms with E-state index in [1.165, 1.54) is 97.0 Å². The van der Waals surface area contributed by atoms with Gasteiger partial charge in [0.25, 0.3) is 0 Å². The van der Waals surface area contributed by atoms with E-state index in [2.05, 4.69) is 132 Å². The van der Waals surface area contributed by atoms with Crippen LogP contribution in [-0.2, 0) is 26.2 Å². The van der Waals surface area contributed by atoms with Gasteiger partial charge in [0.05, 0.1) is 0 Å². The van der Waals surface area contributed by atoms with E-state index in [0.717, 1.165) is 19.3 Å². The van der Waals surface area contributed by atoms with Crippen LogP contribution in [-0.4, -0.2) is 9.52 Å². The monoisotopic (exact) mass is 684 g/mol. The van der Waals surface area contributed by atoms with Crippen LogP contribution in [0.5, 0.6) is 0 Å². The Morgan fingerprint density at radius 1 is 0.733 bits per heavy atom. The Hall–Kier alpha value is -2.28. The number of rotatable bonds is 7. The molecule has 1 aliphatic heterocycles. The molecule has 0 saturated carbocycles. The van der Waals surface area contributed by atoms with Crippen molar-refractivity contribution >= 4 is 32.4 Å². The zero-order chi connectivity index (χ0) is 30.9. The van der Waals surface area contributed by atoms with Gasteiger partial charge in [0.2, 0.25) is 0 Å². The second-order valence-corrected chi connectivity index (χ2v) is 13.9. The van der Waals surface area contributed by atoms with Crippen molar-refractivity contribution in [3.8, 4) is 11.1 Å². The smallest absolute Gasteiger partial charge is 0.343 e. The average molecular weight is 686 g/mol. The van der Waals surface area contributed by atoms with Crippen molar-refractivity contribution in [2.24, 2.45) is 0 Å². The van der Waals surface area contributed by atoms with Crippen LogP contribution in [0.2, 0.25) is 12.1 Å². The van der Waals surface area contributed by atoms with E-state index in [1.807, 2.05) is 0 Å². The van der Waals surface area contributed by atoms with E-state index in [0.29, 0.717) is 11.8 Å². The van der Waals surface area contributed by atoms with Crippen LogP contribution in [0, 0.1) is 12.8 Å². The summed E-state index contributed by atoms with van der Waals surface area (Å²) in [6.45, 7) is 12.7. The van der Waals surface area contributed by atoms with Gasteiger partial charge >= 0.3 is 26.2 Å². The third kappa shape index (κ3) is 8.00. The molecule has 4 aromatic carbocycles. The van der Waals surface area contributed by atoms with Crippen LogP contribution in [0.3, 0.4) is 0 Å². The van der Waals surface area contributed by atoms with Gasteiger partial charge in [0.1, 0.15) is 0 Å². The summed E-state index contributed by atoms with van der Waals surface area (Å²) >= 11 is 0. The fourth-order valence-electron chi connectivity index (χ4n) is 7.22. The minimum Gasteiger partial charge on any atom is -0.343 e. The largest absolute Gasteiger partial charge is 2.00 e. The van der Waals surface area contributed by atoms with Crippen LogP contribution >= 0.6 is 0 Å². The van der Waals surface area contributed by atoms with E-state index in [9.17, 15) is 0 Å². The van der Waals surface area contributed by atoms with Crippen molar-refractivity contribution in [3.05, 3.63) is 131 Å². The molecule has 2 heteroatoms. The van der Waals surface area contributed by atoms with Gasteiger partial charge in [-0.3, -0.25) is 5.92 Å². The second-order valence-electron chi connectivity index (χ2n) is 12.4. The van der Waals surface area contributed by atoms with Crippen molar-refractivity contribution in [2.45, 2.75) is 96.6 Å². The molecular formula is C43H50SiZr. The molecule has 0 amide bonds. The van der Waals surface area contributed by atoms with Gasteiger partial charge in [-0.25, -0.2) is 0 Å². The van der Waals surface area contributed by atoms with Gasteiger partial charge in [0.15, 0.2) is 0 Å². The first-order valence-electron chi connectivity index (χ1n) is 17.1. The summed E-state index contributed by atoms with van der Waals surface area (Å²) in [5, 5.41) is 2.72. The van der Waals surface area contributed by atoms with Crippen molar-refractivity contribution in [3.63, 3.8) is 0 Å². The van der Waals surface area contributed by atoms with Crippen molar-refractivity contribution in [2.75, 3.05) is 0 Å². The normalized spacial score (nSPS) is 17.7. The predicted octanol–water partition coefficient (Wildman–Crippen LogP) is 12.9. The number of unbranched alkanes of at least 4 members (excludes halogenated alkanes) is 1.